The number of amides is 1. The van der Waals surface area contributed by atoms with Crippen LogP contribution in [0.5, 0.6) is 0 Å². The summed E-state index contributed by atoms with van der Waals surface area (Å²) in [5.74, 6) is -0.0584. The van der Waals surface area contributed by atoms with E-state index in [0.717, 1.165) is 13.0 Å². The Kier molecular flexibility index (Phi) is 4.12. The Morgan fingerprint density at radius 2 is 2.25 bits per heavy atom. The van der Waals surface area contributed by atoms with Gasteiger partial charge in [0.05, 0.1) is 0 Å². The number of aromatic nitrogens is 1. The molecule has 1 aromatic heterocycles. The van der Waals surface area contributed by atoms with Gasteiger partial charge >= 0.3 is 0 Å². The molecule has 4 heteroatoms. The molecule has 0 radical (unpaired) electrons. The van der Waals surface area contributed by atoms with Gasteiger partial charge in [-0.1, -0.05) is 6.92 Å². The molecule has 0 aliphatic rings. The van der Waals surface area contributed by atoms with Gasteiger partial charge in [-0.2, -0.15) is 0 Å². The van der Waals surface area contributed by atoms with Crippen molar-refractivity contribution in [2.24, 2.45) is 5.73 Å². The van der Waals surface area contributed by atoms with Crippen molar-refractivity contribution in [3.63, 3.8) is 0 Å². The highest BCUT2D eigenvalue weighted by atomic mass is 16.1. The Morgan fingerprint density at radius 1 is 1.56 bits per heavy atom. The first-order valence-electron chi connectivity index (χ1n) is 5.66. The molecule has 4 nitrogen and oxygen atoms in total. The van der Waals surface area contributed by atoms with Crippen LogP contribution in [0.25, 0.3) is 0 Å². The predicted octanol–water partition coefficient (Wildman–Crippen LogP) is 1.37. The fourth-order valence-corrected chi connectivity index (χ4v) is 1.45. The standard InChI is InChI=1S/C12H21N3O/c1-4-7-15-8-5-6-10(15)11(16)14-9-12(2,3)13/h5-6,8H,4,7,9,13H2,1-3H3,(H,14,16). The molecule has 0 aliphatic carbocycles. The summed E-state index contributed by atoms with van der Waals surface area (Å²) >= 11 is 0. The van der Waals surface area contributed by atoms with E-state index in [4.69, 9.17) is 5.73 Å². The minimum atomic E-state index is -0.377. The minimum absolute atomic E-state index is 0.0584. The van der Waals surface area contributed by atoms with Crippen LogP contribution in [0.3, 0.4) is 0 Å². The molecule has 1 rings (SSSR count). The summed E-state index contributed by atoms with van der Waals surface area (Å²) in [5.41, 5.74) is 6.14. The summed E-state index contributed by atoms with van der Waals surface area (Å²) in [6, 6.07) is 3.71. The van der Waals surface area contributed by atoms with E-state index in [1.165, 1.54) is 0 Å². The maximum atomic E-state index is 11.9. The van der Waals surface area contributed by atoms with E-state index in [-0.39, 0.29) is 11.4 Å². The Hall–Kier alpha value is -1.29. The van der Waals surface area contributed by atoms with Crippen LogP contribution in [-0.2, 0) is 6.54 Å². The summed E-state index contributed by atoms with van der Waals surface area (Å²) in [4.78, 5) is 11.9. The Bertz CT molecular complexity index is 349. The number of carbonyl (C=O) groups is 1. The highest BCUT2D eigenvalue weighted by Gasteiger charge is 2.15. The maximum Gasteiger partial charge on any atom is 0.267 e. The first-order valence-corrected chi connectivity index (χ1v) is 5.66. The number of carbonyl (C=O) groups excluding carboxylic acids is 1. The van der Waals surface area contributed by atoms with Crippen LogP contribution in [0.2, 0.25) is 0 Å². The number of hydrogen-bond donors (Lipinski definition) is 2. The molecule has 0 aliphatic heterocycles. The quantitative estimate of drug-likeness (QED) is 0.792. The van der Waals surface area contributed by atoms with Crippen LogP contribution < -0.4 is 11.1 Å². The largest absolute Gasteiger partial charge is 0.349 e. The SMILES string of the molecule is CCCn1cccc1C(=O)NCC(C)(C)N. The van der Waals surface area contributed by atoms with Gasteiger partial charge in [0.2, 0.25) is 0 Å². The third kappa shape index (κ3) is 3.70. The normalized spacial score (nSPS) is 11.5. The van der Waals surface area contributed by atoms with E-state index in [1.54, 1.807) is 0 Å². The summed E-state index contributed by atoms with van der Waals surface area (Å²) in [5, 5.41) is 2.84. The first-order chi connectivity index (χ1) is 7.44. The zero-order chi connectivity index (χ0) is 12.2. The summed E-state index contributed by atoms with van der Waals surface area (Å²) < 4.78 is 1.96. The lowest BCUT2D eigenvalue weighted by molar-refractivity contribution is 0.0936. The van der Waals surface area contributed by atoms with E-state index < -0.39 is 0 Å². The van der Waals surface area contributed by atoms with Crippen molar-refractivity contribution < 1.29 is 4.79 Å². The highest BCUT2D eigenvalue weighted by Crippen LogP contribution is 2.04. The second kappa shape index (κ2) is 5.16. The molecule has 0 unspecified atom stereocenters. The molecule has 0 spiro atoms. The average Bonchev–Trinajstić information content (AvgIpc) is 2.62. The average molecular weight is 223 g/mol. The predicted molar refractivity (Wildman–Crippen MR) is 65.3 cm³/mol. The van der Waals surface area contributed by atoms with Crippen molar-refractivity contribution in [2.75, 3.05) is 6.54 Å². The van der Waals surface area contributed by atoms with Gasteiger partial charge in [0.25, 0.3) is 5.91 Å². The molecule has 0 saturated carbocycles. The molecule has 0 atom stereocenters. The summed E-state index contributed by atoms with van der Waals surface area (Å²) in [6.07, 6.45) is 2.93. The molecule has 0 saturated heterocycles. The first kappa shape index (κ1) is 12.8. The lowest BCUT2D eigenvalue weighted by Crippen LogP contribution is -2.45. The fraction of sp³-hybridized carbons (Fsp3) is 0.583. The number of nitrogens with two attached hydrogens (primary N) is 1. The Balaban J connectivity index is 2.62. The zero-order valence-electron chi connectivity index (χ0n) is 10.3. The number of nitrogens with zero attached hydrogens (tertiary/aromatic N) is 1. The monoisotopic (exact) mass is 223 g/mol. The fourth-order valence-electron chi connectivity index (χ4n) is 1.45. The van der Waals surface area contributed by atoms with Crippen LogP contribution >= 0.6 is 0 Å². The van der Waals surface area contributed by atoms with Gasteiger partial charge in [-0.25, -0.2) is 0 Å². The lowest BCUT2D eigenvalue weighted by Gasteiger charge is -2.19. The van der Waals surface area contributed by atoms with Gasteiger partial charge in [0.1, 0.15) is 5.69 Å². The molecular weight excluding hydrogens is 202 g/mol. The second-order valence-electron chi connectivity index (χ2n) is 4.76. The van der Waals surface area contributed by atoms with E-state index in [2.05, 4.69) is 12.2 Å². The van der Waals surface area contributed by atoms with Gasteiger partial charge < -0.3 is 15.6 Å². The Morgan fingerprint density at radius 3 is 2.81 bits per heavy atom. The highest BCUT2D eigenvalue weighted by molar-refractivity contribution is 5.92. The third-order valence-electron chi connectivity index (χ3n) is 2.23. The number of nitrogens with one attached hydrogen (secondary N) is 1. The number of aryl methyl sites for hydroxylation is 1. The smallest absolute Gasteiger partial charge is 0.267 e. The molecule has 3 N–H and O–H groups in total. The zero-order valence-corrected chi connectivity index (χ0v) is 10.3. The van der Waals surface area contributed by atoms with Gasteiger partial charge in [0.15, 0.2) is 0 Å². The van der Waals surface area contributed by atoms with Crippen molar-refractivity contribution in [3.8, 4) is 0 Å². The van der Waals surface area contributed by atoms with Crippen LogP contribution in [0.1, 0.15) is 37.7 Å². The molecule has 0 bridgehead atoms. The molecular formula is C12H21N3O. The minimum Gasteiger partial charge on any atom is -0.349 e. The topological polar surface area (TPSA) is 60.0 Å². The number of hydrogen-bond acceptors (Lipinski definition) is 2. The molecule has 0 aromatic carbocycles. The van der Waals surface area contributed by atoms with Crippen LogP contribution in [-0.4, -0.2) is 22.6 Å². The van der Waals surface area contributed by atoms with E-state index >= 15 is 0 Å². The van der Waals surface area contributed by atoms with Crippen molar-refractivity contribution in [1.82, 2.24) is 9.88 Å². The van der Waals surface area contributed by atoms with Crippen molar-refractivity contribution in [3.05, 3.63) is 24.0 Å². The molecule has 1 aromatic rings. The van der Waals surface area contributed by atoms with Gasteiger partial charge in [-0.15, -0.1) is 0 Å². The van der Waals surface area contributed by atoms with Crippen LogP contribution in [0.15, 0.2) is 18.3 Å². The second-order valence-corrected chi connectivity index (χ2v) is 4.76. The van der Waals surface area contributed by atoms with Crippen LogP contribution in [0.4, 0.5) is 0 Å². The Labute approximate surface area is 96.8 Å². The molecule has 1 heterocycles. The van der Waals surface area contributed by atoms with Gasteiger partial charge in [-0.3, -0.25) is 4.79 Å². The van der Waals surface area contributed by atoms with Gasteiger partial charge in [-0.05, 0) is 32.4 Å². The van der Waals surface area contributed by atoms with Crippen LogP contribution in [0, 0.1) is 0 Å². The van der Waals surface area contributed by atoms with E-state index in [0.29, 0.717) is 12.2 Å². The summed E-state index contributed by atoms with van der Waals surface area (Å²) in [7, 11) is 0. The van der Waals surface area contributed by atoms with Crippen molar-refractivity contribution >= 4 is 5.91 Å². The third-order valence-corrected chi connectivity index (χ3v) is 2.23. The van der Waals surface area contributed by atoms with E-state index in [1.807, 2.05) is 36.7 Å². The van der Waals surface area contributed by atoms with Gasteiger partial charge in [0, 0.05) is 24.8 Å². The van der Waals surface area contributed by atoms with E-state index in [9.17, 15) is 4.79 Å². The number of rotatable bonds is 5. The van der Waals surface area contributed by atoms with Crippen molar-refractivity contribution in [2.45, 2.75) is 39.3 Å². The lowest BCUT2D eigenvalue weighted by atomic mass is 10.1. The molecule has 16 heavy (non-hydrogen) atoms. The summed E-state index contributed by atoms with van der Waals surface area (Å²) in [6.45, 7) is 7.20. The molecule has 1 amide bonds. The van der Waals surface area contributed by atoms with Crippen molar-refractivity contribution in [1.29, 1.82) is 0 Å². The molecule has 0 fully saturated rings. The molecule has 90 valence electrons. The maximum absolute atomic E-state index is 11.9.